The van der Waals surface area contributed by atoms with Gasteiger partial charge in [-0.1, -0.05) is 44.2 Å². The van der Waals surface area contributed by atoms with E-state index in [1.165, 1.54) is 11.8 Å². The van der Waals surface area contributed by atoms with Crippen molar-refractivity contribution < 1.29 is 24.3 Å². The van der Waals surface area contributed by atoms with E-state index < -0.39 is 47.9 Å². The highest BCUT2D eigenvalue weighted by molar-refractivity contribution is 5.94. The number of likely N-dealkylation sites (tertiary alicyclic amines) is 1. The van der Waals surface area contributed by atoms with Gasteiger partial charge in [-0.3, -0.25) is 14.4 Å². The number of carbonyl (C=O) groups is 4. The van der Waals surface area contributed by atoms with Crippen LogP contribution in [-0.2, 0) is 25.6 Å². The van der Waals surface area contributed by atoms with E-state index in [4.69, 9.17) is 5.73 Å². The summed E-state index contributed by atoms with van der Waals surface area (Å²) in [5.74, 6) is -2.24. The summed E-state index contributed by atoms with van der Waals surface area (Å²) in [6.07, 6.45) is 1.70. The van der Waals surface area contributed by atoms with E-state index in [1.54, 1.807) is 0 Å². The molecule has 4 unspecified atom stereocenters. The van der Waals surface area contributed by atoms with Crippen molar-refractivity contribution in [3.63, 3.8) is 0 Å². The maximum Gasteiger partial charge on any atom is 0.326 e. The van der Waals surface area contributed by atoms with Gasteiger partial charge < -0.3 is 26.4 Å². The van der Waals surface area contributed by atoms with Crippen molar-refractivity contribution in [1.82, 2.24) is 15.5 Å². The number of carboxylic acids is 1. The number of hydrogen-bond acceptors (Lipinski definition) is 5. The zero-order valence-corrected chi connectivity index (χ0v) is 18.9. The summed E-state index contributed by atoms with van der Waals surface area (Å²) in [4.78, 5) is 51.0. The van der Waals surface area contributed by atoms with Crippen LogP contribution in [0.4, 0.5) is 0 Å². The zero-order chi connectivity index (χ0) is 23.8. The predicted molar refractivity (Wildman–Crippen MR) is 119 cm³/mol. The molecule has 1 aliphatic rings. The van der Waals surface area contributed by atoms with E-state index in [2.05, 4.69) is 10.6 Å². The SMILES string of the molecule is CC(C)CC(N)C(=O)NC(Cc1ccccc1)C(=O)NC(C)C(=O)N1CCCC1C(=O)O. The Balaban J connectivity index is 2.09. The number of rotatable bonds is 10. The topological polar surface area (TPSA) is 142 Å². The van der Waals surface area contributed by atoms with Crippen LogP contribution in [0.1, 0.15) is 45.6 Å². The summed E-state index contributed by atoms with van der Waals surface area (Å²) in [5.41, 5.74) is 6.82. The molecule has 4 atom stereocenters. The second-order valence-corrected chi connectivity index (χ2v) is 8.75. The van der Waals surface area contributed by atoms with Crippen molar-refractivity contribution in [2.45, 2.75) is 70.6 Å². The summed E-state index contributed by atoms with van der Waals surface area (Å²) in [7, 11) is 0. The van der Waals surface area contributed by atoms with Gasteiger partial charge in [0, 0.05) is 13.0 Å². The Morgan fingerprint density at radius 1 is 1.09 bits per heavy atom. The van der Waals surface area contributed by atoms with Crippen LogP contribution in [-0.4, -0.2) is 64.4 Å². The maximum atomic E-state index is 13.0. The van der Waals surface area contributed by atoms with Gasteiger partial charge in [-0.2, -0.15) is 0 Å². The van der Waals surface area contributed by atoms with Gasteiger partial charge >= 0.3 is 5.97 Å². The van der Waals surface area contributed by atoms with Crippen molar-refractivity contribution >= 4 is 23.7 Å². The Morgan fingerprint density at radius 3 is 2.34 bits per heavy atom. The van der Waals surface area contributed by atoms with Crippen LogP contribution in [0.15, 0.2) is 30.3 Å². The van der Waals surface area contributed by atoms with Gasteiger partial charge in [-0.05, 0) is 37.7 Å². The van der Waals surface area contributed by atoms with E-state index in [0.29, 0.717) is 25.8 Å². The molecule has 0 aliphatic carbocycles. The first-order chi connectivity index (χ1) is 15.1. The molecular weight excluding hydrogens is 412 g/mol. The van der Waals surface area contributed by atoms with Gasteiger partial charge in [0.1, 0.15) is 18.1 Å². The van der Waals surface area contributed by atoms with Crippen LogP contribution < -0.4 is 16.4 Å². The summed E-state index contributed by atoms with van der Waals surface area (Å²) >= 11 is 0. The molecule has 1 heterocycles. The first-order valence-corrected chi connectivity index (χ1v) is 11.0. The highest BCUT2D eigenvalue weighted by Gasteiger charge is 2.37. The number of benzene rings is 1. The Bertz CT molecular complexity index is 814. The molecule has 5 N–H and O–H groups in total. The number of nitrogens with two attached hydrogens (primary N) is 1. The smallest absolute Gasteiger partial charge is 0.326 e. The van der Waals surface area contributed by atoms with Gasteiger partial charge in [0.2, 0.25) is 17.7 Å². The van der Waals surface area contributed by atoms with Crippen LogP contribution >= 0.6 is 0 Å². The fourth-order valence-corrected chi connectivity index (χ4v) is 3.86. The molecule has 1 fully saturated rings. The normalized spacial score (nSPS) is 18.7. The minimum Gasteiger partial charge on any atom is -0.480 e. The maximum absolute atomic E-state index is 13.0. The highest BCUT2D eigenvalue weighted by Crippen LogP contribution is 2.18. The highest BCUT2D eigenvalue weighted by atomic mass is 16.4. The van der Waals surface area contributed by atoms with Crippen LogP contribution in [0.3, 0.4) is 0 Å². The van der Waals surface area contributed by atoms with Crippen LogP contribution in [0.25, 0.3) is 0 Å². The standard InChI is InChI=1S/C23H34N4O5/c1-14(2)12-17(24)20(28)26-18(13-16-8-5-4-6-9-16)21(29)25-15(3)22(30)27-11-7-10-19(27)23(31)32/h4-6,8-9,14-15,17-19H,7,10-13,24H2,1-3H3,(H,25,29)(H,26,28)(H,31,32). The van der Waals surface area contributed by atoms with E-state index >= 15 is 0 Å². The summed E-state index contributed by atoms with van der Waals surface area (Å²) in [6.45, 7) is 5.77. The Labute approximate surface area is 188 Å². The predicted octanol–water partition coefficient (Wildman–Crippen LogP) is 0.668. The fourth-order valence-electron chi connectivity index (χ4n) is 3.86. The molecule has 32 heavy (non-hydrogen) atoms. The van der Waals surface area contributed by atoms with Gasteiger partial charge in [-0.25, -0.2) is 4.79 Å². The van der Waals surface area contributed by atoms with Crippen molar-refractivity contribution in [3.05, 3.63) is 35.9 Å². The van der Waals surface area contributed by atoms with E-state index in [-0.39, 0.29) is 12.3 Å². The zero-order valence-electron chi connectivity index (χ0n) is 18.9. The second kappa shape index (κ2) is 11.6. The number of nitrogens with one attached hydrogen (secondary N) is 2. The minimum atomic E-state index is -1.05. The Morgan fingerprint density at radius 2 is 1.75 bits per heavy atom. The molecule has 0 radical (unpaired) electrons. The second-order valence-electron chi connectivity index (χ2n) is 8.75. The first-order valence-electron chi connectivity index (χ1n) is 11.0. The summed E-state index contributed by atoms with van der Waals surface area (Å²) in [5, 5.41) is 14.7. The quantitative estimate of drug-likeness (QED) is 0.416. The number of amides is 3. The number of aliphatic carboxylic acids is 1. The van der Waals surface area contributed by atoms with Crippen molar-refractivity contribution in [2.24, 2.45) is 11.7 Å². The molecule has 0 saturated carbocycles. The van der Waals surface area contributed by atoms with E-state index in [1.807, 2.05) is 44.2 Å². The van der Waals surface area contributed by atoms with Gasteiger partial charge in [0.15, 0.2) is 0 Å². The molecule has 2 rings (SSSR count). The van der Waals surface area contributed by atoms with Gasteiger partial charge in [0.05, 0.1) is 6.04 Å². The molecule has 3 amide bonds. The molecule has 1 aliphatic heterocycles. The fraction of sp³-hybridized carbons (Fsp3) is 0.565. The molecule has 1 aromatic carbocycles. The van der Waals surface area contributed by atoms with Crippen LogP contribution in [0, 0.1) is 5.92 Å². The average Bonchev–Trinajstić information content (AvgIpc) is 3.23. The summed E-state index contributed by atoms with van der Waals surface area (Å²) < 4.78 is 0. The molecule has 1 saturated heterocycles. The monoisotopic (exact) mass is 446 g/mol. The van der Waals surface area contributed by atoms with Gasteiger partial charge in [0.25, 0.3) is 0 Å². The largest absolute Gasteiger partial charge is 0.480 e. The van der Waals surface area contributed by atoms with E-state index in [9.17, 15) is 24.3 Å². The summed E-state index contributed by atoms with van der Waals surface area (Å²) in [6, 6.07) is 5.73. The number of carbonyl (C=O) groups excluding carboxylic acids is 3. The minimum absolute atomic E-state index is 0.220. The molecular formula is C23H34N4O5. The van der Waals surface area contributed by atoms with Crippen LogP contribution in [0.5, 0.6) is 0 Å². The third-order valence-electron chi connectivity index (χ3n) is 5.53. The Kier molecular flexibility index (Phi) is 9.19. The lowest BCUT2D eigenvalue weighted by molar-refractivity contribution is -0.149. The lowest BCUT2D eigenvalue weighted by Crippen LogP contribution is -2.57. The molecule has 0 aromatic heterocycles. The third-order valence-corrected chi connectivity index (χ3v) is 5.53. The number of hydrogen-bond donors (Lipinski definition) is 4. The average molecular weight is 447 g/mol. The van der Waals surface area contributed by atoms with Crippen molar-refractivity contribution in [2.75, 3.05) is 6.54 Å². The number of carboxylic acid groups (broad SMARTS) is 1. The van der Waals surface area contributed by atoms with Crippen molar-refractivity contribution in [1.29, 1.82) is 0 Å². The molecule has 176 valence electrons. The van der Waals surface area contributed by atoms with Gasteiger partial charge in [-0.15, -0.1) is 0 Å². The lowest BCUT2D eigenvalue weighted by atomic mass is 10.0. The molecule has 1 aromatic rings. The Hall–Kier alpha value is -2.94. The molecule has 0 bridgehead atoms. The van der Waals surface area contributed by atoms with Crippen molar-refractivity contribution in [3.8, 4) is 0 Å². The first kappa shape index (κ1) is 25.3. The third kappa shape index (κ3) is 7.05. The molecule has 9 nitrogen and oxygen atoms in total. The molecule has 9 heteroatoms. The molecule has 0 spiro atoms. The number of nitrogens with zero attached hydrogens (tertiary/aromatic N) is 1. The lowest BCUT2D eigenvalue weighted by Gasteiger charge is -2.27. The van der Waals surface area contributed by atoms with Crippen LogP contribution in [0.2, 0.25) is 0 Å². The van der Waals surface area contributed by atoms with E-state index in [0.717, 1.165) is 5.56 Å².